The Kier molecular flexibility index (Phi) is 4.91. The highest BCUT2D eigenvalue weighted by atomic mass is 35.5. The van der Waals surface area contributed by atoms with Crippen molar-refractivity contribution in [2.45, 2.75) is 6.54 Å². The van der Waals surface area contributed by atoms with Crippen LogP contribution >= 0.6 is 12.4 Å². The molecule has 28 heavy (non-hydrogen) atoms. The predicted molar refractivity (Wildman–Crippen MR) is 115 cm³/mol. The van der Waals surface area contributed by atoms with Crippen molar-refractivity contribution in [2.24, 2.45) is 0 Å². The van der Waals surface area contributed by atoms with E-state index in [1.807, 2.05) is 55.0 Å². The maximum atomic E-state index is 4.56. The Morgan fingerprint density at radius 3 is 2.54 bits per heavy atom. The van der Waals surface area contributed by atoms with Gasteiger partial charge in [-0.2, -0.15) is 0 Å². The highest BCUT2D eigenvalue weighted by molar-refractivity contribution is 5.85. The van der Waals surface area contributed by atoms with Gasteiger partial charge < -0.3 is 9.88 Å². The van der Waals surface area contributed by atoms with Crippen molar-refractivity contribution < 1.29 is 0 Å². The fraction of sp³-hybridized carbons (Fsp3) is 0.0455. The van der Waals surface area contributed by atoms with Crippen LogP contribution in [0.5, 0.6) is 0 Å². The Morgan fingerprint density at radius 2 is 1.64 bits per heavy atom. The summed E-state index contributed by atoms with van der Waals surface area (Å²) < 4.78 is 2.15. The Bertz CT molecular complexity index is 1230. The van der Waals surface area contributed by atoms with Crippen LogP contribution < -0.4 is 5.32 Å². The second-order valence-corrected chi connectivity index (χ2v) is 6.44. The highest BCUT2D eigenvalue weighted by Crippen LogP contribution is 2.22. The molecule has 0 unspecified atom stereocenters. The topological polar surface area (TPSA) is 55.6 Å². The molecule has 138 valence electrons. The van der Waals surface area contributed by atoms with E-state index in [9.17, 15) is 0 Å². The van der Waals surface area contributed by atoms with Crippen LogP contribution in [0.4, 0.5) is 11.6 Å². The quantitative estimate of drug-likeness (QED) is 0.461. The Morgan fingerprint density at radius 1 is 0.821 bits per heavy atom. The van der Waals surface area contributed by atoms with Gasteiger partial charge in [0.15, 0.2) is 0 Å². The minimum absolute atomic E-state index is 0. The largest absolute Gasteiger partial charge is 0.326 e. The molecule has 3 aromatic carbocycles. The number of rotatable bonds is 4. The molecule has 0 bridgehead atoms. The van der Waals surface area contributed by atoms with E-state index >= 15 is 0 Å². The molecular weight excluding hydrogens is 370 g/mol. The second-order valence-electron chi connectivity index (χ2n) is 6.44. The average Bonchev–Trinajstić information content (AvgIpc) is 3.11. The Balaban J connectivity index is 0.00000192. The zero-order chi connectivity index (χ0) is 18.1. The summed E-state index contributed by atoms with van der Waals surface area (Å²) in [6.07, 6.45) is 3.71. The lowest BCUT2D eigenvalue weighted by Crippen LogP contribution is -1.98. The number of halogens is 1. The van der Waals surface area contributed by atoms with Crippen molar-refractivity contribution in [3.63, 3.8) is 0 Å². The predicted octanol–water partition coefficient (Wildman–Crippen LogP) is 5.19. The van der Waals surface area contributed by atoms with Gasteiger partial charge in [-0.25, -0.2) is 15.0 Å². The fourth-order valence-corrected chi connectivity index (χ4v) is 3.21. The molecule has 0 aliphatic rings. The summed E-state index contributed by atoms with van der Waals surface area (Å²) >= 11 is 0. The first-order valence-electron chi connectivity index (χ1n) is 8.83. The van der Waals surface area contributed by atoms with Gasteiger partial charge in [0.2, 0.25) is 5.95 Å². The van der Waals surface area contributed by atoms with Gasteiger partial charge in [0.1, 0.15) is 0 Å². The Hall–Kier alpha value is -3.44. The van der Waals surface area contributed by atoms with E-state index in [0.717, 1.165) is 34.2 Å². The molecule has 0 aliphatic heterocycles. The first kappa shape index (κ1) is 17.9. The van der Waals surface area contributed by atoms with Crippen LogP contribution in [0.15, 0.2) is 85.3 Å². The summed E-state index contributed by atoms with van der Waals surface area (Å²) in [6.45, 7) is 0.803. The van der Waals surface area contributed by atoms with Crippen molar-refractivity contribution in [1.82, 2.24) is 19.5 Å². The van der Waals surface area contributed by atoms with Crippen molar-refractivity contribution in [1.29, 1.82) is 0 Å². The van der Waals surface area contributed by atoms with Gasteiger partial charge in [0.25, 0.3) is 0 Å². The monoisotopic (exact) mass is 387 g/mol. The lowest BCUT2D eigenvalue weighted by Gasteiger charge is -2.07. The zero-order valence-electron chi connectivity index (χ0n) is 15.0. The minimum atomic E-state index is 0. The minimum Gasteiger partial charge on any atom is -0.326 e. The van der Waals surface area contributed by atoms with Crippen molar-refractivity contribution in [3.8, 4) is 0 Å². The fourth-order valence-electron chi connectivity index (χ4n) is 3.21. The standard InChI is InChI=1S/C22H17N5.ClH/c1-2-6-16(7-3-1)14-27-15-24-20-12-18(10-11-21(20)27)25-22-23-13-17-8-4-5-9-19(17)26-22;/h1-13,15H,14H2,(H,23,25,26);1H. The van der Waals surface area contributed by atoms with E-state index in [2.05, 4.69) is 55.2 Å². The van der Waals surface area contributed by atoms with Crippen LogP contribution in [-0.2, 0) is 6.54 Å². The lowest BCUT2D eigenvalue weighted by atomic mass is 10.2. The van der Waals surface area contributed by atoms with E-state index in [0.29, 0.717) is 5.95 Å². The first-order valence-corrected chi connectivity index (χ1v) is 8.83. The highest BCUT2D eigenvalue weighted by Gasteiger charge is 2.06. The number of nitrogens with one attached hydrogen (secondary N) is 1. The van der Waals surface area contributed by atoms with Crippen LogP contribution in [0, 0.1) is 0 Å². The summed E-state index contributed by atoms with van der Waals surface area (Å²) in [5.41, 5.74) is 5.13. The van der Waals surface area contributed by atoms with Gasteiger partial charge in [0, 0.05) is 23.8 Å². The molecule has 0 amide bonds. The SMILES string of the molecule is Cl.c1ccc(Cn2cnc3cc(Nc4ncc5ccccc5n4)ccc32)cc1. The van der Waals surface area contributed by atoms with Gasteiger partial charge in [0.05, 0.1) is 22.9 Å². The smallest absolute Gasteiger partial charge is 0.227 e. The number of hydrogen-bond donors (Lipinski definition) is 1. The van der Waals surface area contributed by atoms with Gasteiger partial charge in [-0.3, -0.25) is 0 Å². The summed E-state index contributed by atoms with van der Waals surface area (Å²) in [6, 6.07) is 24.5. The molecule has 0 aliphatic carbocycles. The number of fused-ring (bicyclic) bond motifs is 2. The molecule has 0 radical (unpaired) electrons. The third-order valence-electron chi connectivity index (χ3n) is 4.56. The first-order chi connectivity index (χ1) is 13.3. The van der Waals surface area contributed by atoms with Gasteiger partial charge in [-0.1, -0.05) is 48.5 Å². The maximum Gasteiger partial charge on any atom is 0.227 e. The average molecular weight is 388 g/mol. The summed E-state index contributed by atoms with van der Waals surface area (Å²) in [4.78, 5) is 13.5. The number of nitrogens with zero attached hydrogens (tertiary/aromatic N) is 4. The molecular formula is C22H18ClN5. The second kappa shape index (κ2) is 7.66. The summed E-state index contributed by atoms with van der Waals surface area (Å²) in [5, 5.41) is 4.30. The zero-order valence-corrected chi connectivity index (χ0v) is 15.8. The molecule has 2 aromatic heterocycles. The van der Waals surface area contributed by atoms with Crippen LogP contribution in [-0.4, -0.2) is 19.5 Å². The summed E-state index contributed by atoms with van der Waals surface area (Å²) in [7, 11) is 0. The molecule has 0 atom stereocenters. The molecule has 0 saturated carbocycles. The lowest BCUT2D eigenvalue weighted by molar-refractivity contribution is 0.824. The maximum absolute atomic E-state index is 4.56. The van der Waals surface area contributed by atoms with E-state index in [1.54, 1.807) is 0 Å². The number of imidazole rings is 1. The normalized spacial score (nSPS) is 10.7. The van der Waals surface area contributed by atoms with Crippen molar-refractivity contribution in [3.05, 3.63) is 90.9 Å². The molecule has 6 heteroatoms. The molecule has 5 rings (SSSR count). The number of anilines is 2. The molecule has 5 aromatic rings. The molecule has 1 N–H and O–H groups in total. The number of aromatic nitrogens is 4. The van der Waals surface area contributed by atoms with Gasteiger partial charge >= 0.3 is 0 Å². The van der Waals surface area contributed by atoms with E-state index < -0.39 is 0 Å². The van der Waals surface area contributed by atoms with E-state index in [4.69, 9.17) is 0 Å². The van der Waals surface area contributed by atoms with Crippen molar-refractivity contribution >= 4 is 46.0 Å². The molecule has 5 nitrogen and oxygen atoms in total. The summed E-state index contributed by atoms with van der Waals surface area (Å²) in [5.74, 6) is 0.580. The van der Waals surface area contributed by atoms with E-state index in [1.165, 1.54) is 5.56 Å². The third kappa shape index (κ3) is 3.52. The number of benzene rings is 3. The third-order valence-corrected chi connectivity index (χ3v) is 4.56. The molecule has 0 saturated heterocycles. The number of para-hydroxylation sites is 1. The van der Waals surface area contributed by atoms with E-state index in [-0.39, 0.29) is 12.4 Å². The molecule has 0 fully saturated rings. The van der Waals surface area contributed by atoms with Crippen LogP contribution in [0.1, 0.15) is 5.56 Å². The van der Waals surface area contributed by atoms with Gasteiger partial charge in [-0.05, 0) is 29.8 Å². The molecule has 2 heterocycles. The molecule has 0 spiro atoms. The van der Waals surface area contributed by atoms with Crippen LogP contribution in [0.2, 0.25) is 0 Å². The van der Waals surface area contributed by atoms with Crippen molar-refractivity contribution in [2.75, 3.05) is 5.32 Å². The van der Waals surface area contributed by atoms with Gasteiger partial charge in [-0.15, -0.1) is 12.4 Å². The Labute approximate surface area is 168 Å². The number of hydrogen-bond acceptors (Lipinski definition) is 4. The van der Waals surface area contributed by atoms with Crippen LogP contribution in [0.25, 0.3) is 21.9 Å². The van der Waals surface area contributed by atoms with Crippen LogP contribution in [0.3, 0.4) is 0 Å².